The molecule has 2 N–H and O–H groups in total. The molecule has 2 heterocycles. The van der Waals surface area contributed by atoms with E-state index in [4.69, 9.17) is 5.73 Å². The summed E-state index contributed by atoms with van der Waals surface area (Å²) in [6, 6.07) is 12.5. The van der Waals surface area contributed by atoms with Crippen molar-refractivity contribution >= 4 is 28.3 Å². The molecule has 4 heteroatoms. The first-order chi connectivity index (χ1) is 8.27. The number of hydrogen-bond acceptors (Lipinski definition) is 3. The van der Waals surface area contributed by atoms with Crippen LogP contribution in [0, 0.1) is 0 Å². The fraction of sp³-hybridized carbons (Fsp3) is 0.154. The van der Waals surface area contributed by atoms with Crippen LogP contribution in [0.2, 0.25) is 0 Å². The summed E-state index contributed by atoms with van der Waals surface area (Å²) in [6.45, 7) is 2.15. The van der Waals surface area contributed by atoms with E-state index < -0.39 is 0 Å². The molecule has 0 bridgehead atoms. The molecule has 3 rings (SSSR count). The van der Waals surface area contributed by atoms with Crippen LogP contribution in [-0.4, -0.2) is 9.55 Å². The predicted octanol–water partition coefficient (Wildman–Crippen LogP) is 3.29. The van der Waals surface area contributed by atoms with E-state index in [1.54, 1.807) is 11.3 Å². The largest absolute Gasteiger partial charge is 0.369 e. The number of hydrogen-bond donors (Lipinski definition) is 1. The Bertz CT molecular complexity index is 640. The summed E-state index contributed by atoms with van der Waals surface area (Å²) in [6.07, 6.45) is 0. The average molecular weight is 243 g/mol. The molecule has 1 aromatic carbocycles. The average Bonchev–Trinajstić information content (AvgIpc) is 2.94. The maximum absolute atomic E-state index is 6.02. The van der Waals surface area contributed by atoms with Gasteiger partial charge in [0.05, 0.1) is 17.1 Å². The number of para-hydroxylation sites is 2. The van der Waals surface area contributed by atoms with Gasteiger partial charge in [-0.3, -0.25) is 0 Å². The molecule has 0 unspecified atom stereocenters. The van der Waals surface area contributed by atoms with Crippen molar-refractivity contribution in [1.29, 1.82) is 0 Å². The number of anilines is 1. The third-order valence-electron chi connectivity index (χ3n) is 2.97. The minimum absolute atomic E-state index is 0.224. The fourth-order valence-electron chi connectivity index (χ4n) is 2.13. The van der Waals surface area contributed by atoms with E-state index >= 15 is 0 Å². The van der Waals surface area contributed by atoms with E-state index in [0.29, 0.717) is 5.95 Å². The van der Waals surface area contributed by atoms with E-state index in [2.05, 4.69) is 40.1 Å². The lowest BCUT2D eigenvalue weighted by molar-refractivity contribution is 0.680. The van der Waals surface area contributed by atoms with Crippen molar-refractivity contribution < 1.29 is 0 Å². The van der Waals surface area contributed by atoms with E-state index in [0.717, 1.165) is 11.0 Å². The Hall–Kier alpha value is -1.81. The first-order valence-corrected chi connectivity index (χ1v) is 6.41. The predicted molar refractivity (Wildman–Crippen MR) is 72.3 cm³/mol. The maximum Gasteiger partial charge on any atom is 0.201 e. The minimum Gasteiger partial charge on any atom is -0.369 e. The first-order valence-electron chi connectivity index (χ1n) is 5.53. The normalized spacial score (nSPS) is 13.0. The molecule has 3 aromatic rings. The van der Waals surface area contributed by atoms with Crippen LogP contribution in [0.15, 0.2) is 41.8 Å². The van der Waals surface area contributed by atoms with Crippen LogP contribution in [-0.2, 0) is 0 Å². The molecule has 0 saturated heterocycles. The van der Waals surface area contributed by atoms with Gasteiger partial charge in [-0.15, -0.1) is 11.3 Å². The van der Waals surface area contributed by atoms with Gasteiger partial charge in [-0.25, -0.2) is 4.98 Å². The lowest BCUT2D eigenvalue weighted by Crippen LogP contribution is -2.08. The van der Waals surface area contributed by atoms with E-state index in [-0.39, 0.29) is 6.04 Å². The van der Waals surface area contributed by atoms with Gasteiger partial charge >= 0.3 is 0 Å². The number of thiophene rings is 1. The molecule has 3 nitrogen and oxygen atoms in total. The number of nitrogen functional groups attached to an aromatic ring is 1. The van der Waals surface area contributed by atoms with E-state index in [9.17, 15) is 0 Å². The molecule has 0 spiro atoms. The molecular weight excluding hydrogens is 230 g/mol. The number of nitrogens with zero attached hydrogens (tertiary/aromatic N) is 2. The number of fused-ring (bicyclic) bond motifs is 1. The summed E-state index contributed by atoms with van der Waals surface area (Å²) in [7, 11) is 0. The Morgan fingerprint density at radius 3 is 2.82 bits per heavy atom. The van der Waals surface area contributed by atoms with Crippen molar-refractivity contribution in [2.75, 3.05) is 5.73 Å². The van der Waals surface area contributed by atoms with Gasteiger partial charge in [-0.1, -0.05) is 18.2 Å². The van der Waals surface area contributed by atoms with Crippen molar-refractivity contribution in [2.45, 2.75) is 13.0 Å². The zero-order valence-corrected chi connectivity index (χ0v) is 10.3. The molecule has 0 amide bonds. The zero-order chi connectivity index (χ0) is 11.8. The summed E-state index contributed by atoms with van der Waals surface area (Å²) in [5.74, 6) is 0.576. The van der Waals surface area contributed by atoms with Crippen molar-refractivity contribution in [2.24, 2.45) is 0 Å². The van der Waals surface area contributed by atoms with Crippen molar-refractivity contribution in [1.82, 2.24) is 9.55 Å². The SMILES string of the molecule is C[C@H](c1cccs1)n1c(N)nc2ccccc21. The topological polar surface area (TPSA) is 43.8 Å². The number of benzene rings is 1. The number of rotatable bonds is 2. The van der Waals surface area contributed by atoms with Gasteiger partial charge in [0.25, 0.3) is 0 Å². The molecular formula is C13H13N3S. The Labute approximate surface area is 104 Å². The highest BCUT2D eigenvalue weighted by Crippen LogP contribution is 2.29. The molecule has 0 radical (unpaired) electrons. The molecule has 86 valence electrons. The van der Waals surface area contributed by atoms with Gasteiger partial charge in [0.2, 0.25) is 5.95 Å². The van der Waals surface area contributed by atoms with Crippen LogP contribution in [0.25, 0.3) is 11.0 Å². The summed E-state index contributed by atoms with van der Waals surface area (Å²) in [5, 5.41) is 2.08. The summed E-state index contributed by atoms with van der Waals surface area (Å²) in [5.41, 5.74) is 8.06. The van der Waals surface area contributed by atoms with Crippen LogP contribution in [0.3, 0.4) is 0 Å². The van der Waals surface area contributed by atoms with Crippen molar-refractivity contribution in [3.05, 3.63) is 46.7 Å². The van der Waals surface area contributed by atoms with Crippen LogP contribution < -0.4 is 5.73 Å². The summed E-state index contributed by atoms with van der Waals surface area (Å²) >= 11 is 1.74. The molecule has 0 fully saturated rings. The first kappa shape index (κ1) is 10.4. The number of imidazole rings is 1. The van der Waals surface area contributed by atoms with E-state index in [1.165, 1.54) is 4.88 Å². The number of nitrogens with two attached hydrogens (primary N) is 1. The second-order valence-corrected chi connectivity index (χ2v) is 5.00. The molecule has 0 aliphatic heterocycles. The van der Waals surface area contributed by atoms with Gasteiger partial charge in [0.15, 0.2) is 0 Å². The highest BCUT2D eigenvalue weighted by atomic mass is 32.1. The fourth-order valence-corrected chi connectivity index (χ4v) is 2.90. The van der Waals surface area contributed by atoms with E-state index in [1.807, 2.05) is 18.2 Å². The lowest BCUT2D eigenvalue weighted by Gasteiger charge is -2.14. The Morgan fingerprint density at radius 2 is 2.06 bits per heavy atom. The molecule has 1 atom stereocenters. The number of aromatic nitrogens is 2. The smallest absolute Gasteiger partial charge is 0.201 e. The minimum atomic E-state index is 0.224. The highest BCUT2D eigenvalue weighted by molar-refractivity contribution is 7.10. The molecule has 0 aliphatic rings. The monoisotopic (exact) mass is 243 g/mol. The van der Waals surface area contributed by atoms with Crippen LogP contribution >= 0.6 is 11.3 Å². The van der Waals surface area contributed by atoms with Gasteiger partial charge < -0.3 is 10.3 Å². The van der Waals surface area contributed by atoms with Gasteiger partial charge in [0.1, 0.15) is 0 Å². The molecule has 2 aromatic heterocycles. The van der Waals surface area contributed by atoms with Crippen LogP contribution in [0.1, 0.15) is 17.8 Å². The quantitative estimate of drug-likeness (QED) is 0.750. The Balaban J connectivity index is 2.20. The maximum atomic E-state index is 6.02. The van der Waals surface area contributed by atoms with Crippen LogP contribution in [0.5, 0.6) is 0 Å². The zero-order valence-electron chi connectivity index (χ0n) is 9.50. The summed E-state index contributed by atoms with van der Waals surface area (Å²) < 4.78 is 2.08. The third-order valence-corrected chi connectivity index (χ3v) is 4.01. The van der Waals surface area contributed by atoms with Gasteiger partial charge in [-0.05, 0) is 30.5 Å². The molecule has 17 heavy (non-hydrogen) atoms. The van der Waals surface area contributed by atoms with Gasteiger partial charge in [0, 0.05) is 4.88 Å². The molecule has 0 saturated carbocycles. The van der Waals surface area contributed by atoms with Crippen LogP contribution in [0.4, 0.5) is 5.95 Å². The lowest BCUT2D eigenvalue weighted by atomic mass is 10.2. The standard InChI is InChI=1S/C13H13N3S/c1-9(12-7-4-8-17-12)16-11-6-3-2-5-10(11)15-13(16)14/h2-9H,1H3,(H2,14,15)/t9-/m1/s1. The Kier molecular flexibility index (Phi) is 2.37. The second-order valence-electron chi connectivity index (χ2n) is 4.02. The summed E-state index contributed by atoms with van der Waals surface area (Å²) in [4.78, 5) is 5.68. The van der Waals surface area contributed by atoms with Gasteiger partial charge in [-0.2, -0.15) is 0 Å². The second kappa shape index (κ2) is 3.89. The third kappa shape index (κ3) is 1.61. The van der Waals surface area contributed by atoms with Crippen molar-refractivity contribution in [3.63, 3.8) is 0 Å². The Morgan fingerprint density at radius 1 is 1.24 bits per heavy atom. The van der Waals surface area contributed by atoms with Crippen molar-refractivity contribution in [3.8, 4) is 0 Å². The molecule has 0 aliphatic carbocycles. The highest BCUT2D eigenvalue weighted by Gasteiger charge is 2.15.